The lowest BCUT2D eigenvalue weighted by atomic mass is 10.2. The molecule has 0 unspecified atom stereocenters. The average molecular weight is 363 g/mol. The van der Waals surface area contributed by atoms with Gasteiger partial charge in [-0.2, -0.15) is 0 Å². The average Bonchev–Trinajstić information content (AvgIpc) is 2.54. The summed E-state index contributed by atoms with van der Waals surface area (Å²) in [5.74, 6) is -0.0404. The first-order valence-electron chi connectivity index (χ1n) is 7.69. The number of nitrogens with zero attached hydrogens (tertiary/aromatic N) is 1. The first-order valence-corrected chi connectivity index (χ1v) is 9.17. The molecule has 0 saturated carbocycles. The van der Waals surface area contributed by atoms with Crippen LogP contribution in [0.25, 0.3) is 0 Å². The topological polar surface area (TPSA) is 97.4 Å². The van der Waals surface area contributed by atoms with E-state index in [-0.39, 0.29) is 23.8 Å². The molecule has 7 nitrogen and oxygen atoms in total. The number of benzene rings is 1. The molecule has 0 aliphatic heterocycles. The molecule has 1 aromatic carbocycles. The zero-order valence-electron chi connectivity index (χ0n) is 14.4. The summed E-state index contributed by atoms with van der Waals surface area (Å²) in [5, 5.41) is 2.65. The first kappa shape index (κ1) is 18.9. The summed E-state index contributed by atoms with van der Waals surface area (Å²) in [7, 11) is -2.20. The second-order valence-corrected chi connectivity index (χ2v) is 7.26. The molecule has 1 amide bonds. The molecule has 25 heavy (non-hydrogen) atoms. The van der Waals surface area contributed by atoms with E-state index in [1.165, 1.54) is 7.11 Å². The Hall–Kier alpha value is -2.45. The number of ether oxygens (including phenoxy) is 1. The molecule has 2 aromatic rings. The number of rotatable bonds is 7. The van der Waals surface area contributed by atoms with Gasteiger partial charge >= 0.3 is 0 Å². The Kier molecular flexibility index (Phi) is 6.11. The van der Waals surface area contributed by atoms with Gasteiger partial charge in [0, 0.05) is 19.2 Å². The molecule has 0 bridgehead atoms. The number of pyridine rings is 1. The van der Waals surface area contributed by atoms with Gasteiger partial charge in [-0.05, 0) is 37.6 Å². The lowest BCUT2D eigenvalue weighted by Crippen LogP contribution is -2.28. The fraction of sp³-hybridized carbons (Fsp3) is 0.294. The Labute approximate surface area is 147 Å². The van der Waals surface area contributed by atoms with Gasteiger partial charge in [-0.25, -0.2) is 18.1 Å². The first-order chi connectivity index (χ1) is 11.8. The van der Waals surface area contributed by atoms with E-state index < -0.39 is 10.0 Å². The molecule has 0 spiro atoms. The van der Waals surface area contributed by atoms with Crippen molar-refractivity contribution in [1.82, 2.24) is 9.71 Å². The summed E-state index contributed by atoms with van der Waals surface area (Å²) in [6, 6.07) is 8.43. The number of hydrogen-bond acceptors (Lipinski definition) is 5. The lowest BCUT2D eigenvalue weighted by molar-refractivity contribution is -0.116. The van der Waals surface area contributed by atoms with Crippen molar-refractivity contribution < 1.29 is 17.9 Å². The Morgan fingerprint density at radius 2 is 2.00 bits per heavy atom. The smallest absolute Gasteiger partial charge is 0.240 e. The van der Waals surface area contributed by atoms with Gasteiger partial charge in [0.15, 0.2) is 0 Å². The van der Waals surface area contributed by atoms with Crippen LogP contribution < -0.4 is 14.8 Å². The molecule has 0 radical (unpaired) electrons. The van der Waals surface area contributed by atoms with Crippen LogP contribution in [0.1, 0.15) is 17.5 Å². The van der Waals surface area contributed by atoms with Crippen LogP contribution in [0.3, 0.4) is 0 Å². The van der Waals surface area contributed by atoms with Crippen LogP contribution in [-0.2, 0) is 14.8 Å². The van der Waals surface area contributed by atoms with Crippen LogP contribution in [0.5, 0.6) is 5.88 Å². The summed E-state index contributed by atoms with van der Waals surface area (Å²) in [6.45, 7) is 3.63. The largest absolute Gasteiger partial charge is 0.480 e. The van der Waals surface area contributed by atoms with Crippen molar-refractivity contribution in [2.24, 2.45) is 0 Å². The molecular weight excluding hydrogens is 342 g/mol. The number of aryl methyl sites for hydroxylation is 2. The van der Waals surface area contributed by atoms with Crippen molar-refractivity contribution in [2.75, 3.05) is 19.0 Å². The third-order valence-corrected chi connectivity index (χ3v) is 5.12. The number of anilines is 1. The minimum Gasteiger partial charge on any atom is -0.480 e. The van der Waals surface area contributed by atoms with Gasteiger partial charge in [0.2, 0.25) is 21.8 Å². The van der Waals surface area contributed by atoms with Gasteiger partial charge in [0.1, 0.15) is 5.69 Å². The molecule has 0 atom stereocenters. The second-order valence-electron chi connectivity index (χ2n) is 5.53. The van der Waals surface area contributed by atoms with E-state index >= 15 is 0 Å². The maximum absolute atomic E-state index is 12.3. The van der Waals surface area contributed by atoms with Crippen LogP contribution in [0, 0.1) is 13.8 Å². The van der Waals surface area contributed by atoms with Gasteiger partial charge in [0.05, 0.1) is 12.0 Å². The predicted octanol–water partition coefficient (Wildman–Crippen LogP) is 2.01. The number of sulfonamides is 1. The quantitative estimate of drug-likeness (QED) is 0.784. The Morgan fingerprint density at radius 1 is 1.24 bits per heavy atom. The Morgan fingerprint density at radius 3 is 2.68 bits per heavy atom. The van der Waals surface area contributed by atoms with E-state index in [2.05, 4.69) is 15.0 Å². The van der Waals surface area contributed by atoms with Crippen LogP contribution in [-0.4, -0.2) is 33.0 Å². The van der Waals surface area contributed by atoms with Crippen LogP contribution >= 0.6 is 0 Å². The number of methoxy groups -OCH3 is 1. The highest BCUT2D eigenvalue weighted by Crippen LogP contribution is 2.20. The Bertz CT molecular complexity index is 866. The van der Waals surface area contributed by atoms with E-state index in [1.807, 2.05) is 6.92 Å². The highest BCUT2D eigenvalue weighted by atomic mass is 32.2. The summed E-state index contributed by atoms with van der Waals surface area (Å²) in [5.41, 5.74) is 2.09. The minimum atomic E-state index is -3.66. The highest BCUT2D eigenvalue weighted by Gasteiger charge is 2.17. The molecular formula is C17H21N3O4S. The van der Waals surface area contributed by atoms with E-state index in [9.17, 15) is 13.2 Å². The van der Waals surface area contributed by atoms with E-state index in [1.54, 1.807) is 43.5 Å². The van der Waals surface area contributed by atoms with E-state index in [0.717, 1.165) is 5.56 Å². The monoisotopic (exact) mass is 363 g/mol. The molecule has 0 fully saturated rings. The molecule has 2 N–H and O–H groups in total. The number of hydrogen-bond donors (Lipinski definition) is 2. The standard InChI is InChI=1S/C17H21N3O4S/c1-12-6-7-15(13(2)11-12)25(22,23)19-10-8-16(21)20-14-5-4-9-18-17(14)24-3/h4-7,9,11,19H,8,10H2,1-3H3,(H,20,21). The van der Waals surface area contributed by atoms with Crippen molar-refractivity contribution in [3.63, 3.8) is 0 Å². The van der Waals surface area contributed by atoms with Gasteiger partial charge in [0.25, 0.3) is 0 Å². The highest BCUT2D eigenvalue weighted by molar-refractivity contribution is 7.89. The lowest BCUT2D eigenvalue weighted by Gasteiger charge is -2.11. The fourth-order valence-corrected chi connectivity index (χ4v) is 3.60. The number of nitrogens with one attached hydrogen (secondary N) is 2. The summed E-state index contributed by atoms with van der Waals surface area (Å²) in [4.78, 5) is 16.2. The van der Waals surface area contributed by atoms with Gasteiger partial charge in [-0.1, -0.05) is 17.7 Å². The fourth-order valence-electron chi connectivity index (χ4n) is 2.34. The molecule has 8 heteroatoms. The summed E-state index contributed by atoms with van der Waals surface area (Å²) in [6.07, 6.45) is 1.54. The van der Waals surface area contributed by atoms with Crippen molar-refractivity contribution in [1.29, 1.82) is 0 Å². The SMILES string of the molecule is COc1ncccc1NC(=O)CCNS(=O)(=O)c1ccc(C)cc1C. The minimum absolute atomic E-state index is 0.00986. The second kappa shape index (κ2) is 8.09. The third kappa shape index (κ3) is 5.01. The van der Waals surface area contributed by atoms with Gasteiger partial charge in [-0.15, -0.1) is 0 Å². The number of carbonyl (C=O) groups is 1. The zero-order chi connectivity index (χ0) is 18.4. The van der Waals surface area contributed by atoms with Crippen molar-refractivity contribution in [3.8, 4) is 5.88 Å². The van der Waals surface area contributed by atoms with Gasteiger partial charge in [-0.3, -0.25) is 4.79 Å². The van der Waals surface area contributed by atoms with Gasteiger partial charge < -0.3 is 10.1 Å². The van der Waals surface area contributed by atoms with Crippen LogP contribution in [0.4, 0.5) is 5.69 Å². The molecule has 1 aromatic heterocycles. The third-order valence-electron chi connectivity index (χ3n) is 3.50. The Balaban J connectivity index is 1.94. The zero-order valence-corrected chi connectivity index (χ0v) is 15.2. The van der Waals surface area contributed by atoms with Crippen LogP contribution in [0.15, 0.2) is 41.4 Å². The van der Waals surface area contributed by atoms with E-state index in [0.29, 0.717) is 17.1 Å². The molecule has 2 rings (SSSR count). The van der Waals surface area contributed by atoms with Crippen molar-refractivity contribution >= 4 is 21.6 Å². The molecule has 0 aliphatic carbocycles. The van der Waals surface area contributed by atoms with E-state index in [4.69, 9.17) is 4.74 Å². The number of aromatic nitrogens is 1. The molecule has 134 valence electrons. The van der Waals surface area contributed by atoms with Crippen LogP contribution in [0.2, 0.25) is 0 Å². The van der Waals surface area contributed by atoms with Crippen molar-refractivity contribution in [3.05, 3.63) is 47.7 Å². The molecule has 0 saturated heterocycles. The predicted molar refractivity (Wildman–Crippen MR) is 95.1 cm³/mol. The maximum Gasteiger partial charge on any atom is 0.240 e. The normalized spacial score (nSPS) is 11.2. The van der Waals surface area contributed by atoms with Crippen molar-refractivity contribution in [2.45, 2.75) is 25.2 Å². The molecule has 0 aliphatic rings. The molecule has 1 heterocycles. The number of carbonyl (C=O) groups excluding carboxylic acids is 1. The maximum atomic E-state index is 12.3. The summed E-state index contributed by atoms with van der Waals surface area (Å²) < 4.78 is 32.2. The summed E-state index contributed by atoms with van der Waals surface area (Å²) >= 11 is 0. The number of amides is 1.